The summed E-state index contributed by atoms with van der Waals surface area (Å²) in [7, 11) is 0. The van der Waals surface area contributed by atoms with Crippen LogP contribution in [0.4, 0.5) is 0 Å². The number of rotatable bonds is 5. The molecule has 0 aromatic carbocycles. The molecular formula is C18H28N2OS. The topological polar surface area (TPSA) is 34.1 Å². The van der Waals surface area contributed by atoms with Crippen molar-refractivity contribution in [1.82, 2.24) is 10.3 Å². The van der Waals surface area contributed by atoms with Gasteiger partial charge in [-0.3, -0.25) is 4.98 Å². The Morgan fingerprint density at radius 3 is 3.05 bits per heavy atom. The summed E-state index contributed by atoms with van der Waals surface area (Å²) in [5, 5.41) is 3.90. The molecule has 1 aromatic rings. The van der Waals surface area contributed by atoms with Crippen LogP contribution in [0.25, 0.3) is 0 Å². The molecule has 3 rings (SSSR count). The van der Waals surface area contributed by atoms with E-state index in [4.69, 9.17) is 4.74 Å². The Morgan fingerprint density at radius 1 is 1.45 bits per heavy atom. The molecule has 4 heteroatoms. The van der Waals surface area contributed by atoms with E-state index in [1.807, 2.05) is 24.0 Å². The lowest BCUT2D eigenvalue weighted by Gasteiger charge is -2.39. The standard InChI is InChI=1S/C18H28N2OS/c1-14(2)11-17(16-5-3-4-8-19-16)20-15-6-9-21-18(12-15)7-10-22-13-18/h3-5,8,14-15,17,20H,6-7,9-13H2,1-2H3/t15-,17-,18-/m0/s1. The van der Waals surface area contributed by atoms with E-state index in [1.165, 1.54) is 23.6 Å². The molecule has 122 valence electrons. The SMILES string of the molecule is CC(C)C[C@H](N[C@H]1CCO[C@@]2(CCSC2)C1)c1ccccn1. The molecule has 2 saturated heterocycles. The minimum absolute atomic E-state index is 0.146. The molecule has 0 unspecified atom stereocenters. The normalized spacial score (nSPS) is 30.0. The maximum absolute atomic E-state index is 6.15. The van der Waals surface area contributed by atoms with E-state index in [1.54, 1.807) is 0 Å². The van der Waals surface area contributed by atoms with Crippen LogP contribution in [0, 0.1) is 5.92 Å². The molecule has 2 fully saturated rings. The first-order valence-electron chi connectivity index (χ1n) is 8.56. The second-order valence-corrected chi connectivity index (χ2v) is 8.23. The van der Waals surface area contributed by atoms with Gasteiger partial charge in [0, 0.05) is 30.6 Å². The molecule has 0 amide bonds. The molecule has 0 aliphatic carbocycles. The summed E-state index contributed by atoms with van der Waals surface area (Å²) in [6.45, 7) is 5.47. The van der Waals surface area contributed by atoms with E-state index in [2.05, 4.69) is 36.3 Å². The molecule has 2 aliphatic heterocycles. The van der Waals surface area contributed by atoms with Crippen LogP contribution in [-0.2, 0) is 4.74 Å². The van der Waals surface area contributed by atoms with Crippen molar-refractivity contribution in [3.8, 4) is 0 Å². The van der Waals surface area contributed by atoms with Crippen LogP contribution in [0.2, 0.25) is 0 Å². The maximum Gasteiger partial charge on any atom is 0.0795 e. The largest absolute Gasteiger partial charge is 0.374 e. The van der Waals surface area contributed by atoms with Gasteiger partial charge in [0.1, 0.15) is 0 Å². The first-order valence-corrected chi connectivity index (χ1v) is 9.71. The van der Waals surface area contributed by atoms with E-state index in [9.17, 15) is 0 Å². The fraction of sp³-hybridized carbons (Fsp3) is 0.722. The molecular weight excluding hydrogens is 292 g/mol. The lowest BCUT2D eigenvalue weighted by molar-refractivity contribution is -0.0717. The summed E-state index contributed by atoms with van der Waals surface area (Å²) in [5.74, 6) is 3.08. The minimum Gasteiger partial charge on any atom is -0.374 e. The van der Waals surface area contributed by atoms with E-state index in [0.717, 1.165) is 25.9 Å². The van der Waals surface area contributed by atoms with Gasteiger partial charge in [-0.15, -0.1) is 0 Å². The summed E-state index contributed by atoms with van der Waals surface area (Å²) < 4.78 is 6.15. The Balaban J connectivity index is 1.67. The Morgan fingerprint density at radius 2 is 2.36 bits per heavy atom. The maximum atomic E-state index is 6.15. The van der Waals surface area contributed by atoms with Crippen LogP contribution in [0.3, 0.4) is 0 Å². The number of nitrogens with zero attached hydrogens (tertiary/aromatic N) is 1. The molecule has 3 heterocycles. The molecule has 0 bridgehead atoms. The van der Waals surface area contributed by atoms with Crippen LogP contribution in [0.5, 0.6) is 0 Å². The van der Waals surface area contributed by atoms with Gasteiger partial charge in [-0.2, -0.15) is 11.8 Å². The number of aromatic nitrogens is 1. The average molecular weight is 321 g/mol. The molecule has 0 radical (unpaired) electrons. The van der Waals surface area contributed by atoms with Crippen molar-refractivity contribution >= 4 is 11.8 Å². The summed E-state index contributed by atoms with van der Waals surface area (Å²) in [6.07, 6.45) is 6.53. The number of pyridine rings is 1. The number of ether oxygens (including phenoxy) is 1. The third-order valence-corrected chi connectivity index (χ3v) is 5.97. The smallest absolute Gasteiger partial charge is 0.0795 e. The highest BCUT2D eigenvalue weighted by Crippen LogP contribution is 2.39. The van der Waals surface area contributed by atoms with Crippen LogP contribution < -0.4 is 5.32 Å². The zero-order valence-electron chi connectivity index (χ0n) is 13.8. The third-order valence-electron chi connectivity index (χ3n) is 4.75. The Kier molecular flexibility index (Phi) is 5.42. The summed E-state index contributed by atoms with van der Waals surface area (Å²) >= 11 is 2.04. The van der Waals surface area contributed by atoms with Crippen molar-refractivity contribution < 1.29 is 4.74 Å². The van der Waals surface area contributed by atoms with Crippen molar-refractivity contribution in [2.75, 3.05) is 18.1 Å². The van der Waals surface area contributed by atoms with Crippen molar-refractivity contribution in [2.45, 2.75) is 57.2 Å². The molecule has 3 atom stereocenters. The monoisotopic (exact) mass is 320 g/mol. The molecule has 22 heavy (non-hydrogen) atoms. The molecule has 1 spiro atoms. The van der Waals surface area contributed by atoms with Crippen LogP contribution >= 0.6 is 11.8 Å². The Bertz CT molecular complexity index is 459. The van der Waals surface area contributed by atoms with Crippen molar-refractivity contribution in [2.24, 2.45) is 5.92 Å². The van der Waals surface area contributed by atoms with Gasteiger partial charge in [-0.05, 0) is 49.5 Å². The Labute approximate surface area is 138 Å². The van der Waals surface area contributed by atoms with Gasteiger partial charge < -0.3 is 10.1 Å². The first kappa shape index (κ1) is 16.3. The highest BCUT2D eigenvalue weighted by molar-refractivity contribution is 7.99. The zero-order valence-corrected chi connectivity index (χ0v) is 14.6. The molecule has 0 saturated carbocycles. The Hall–Kier alpha value is -0.580. The molecule has 2 aliphatic rings. The number of thioether (sulfide) groups is 1. The van der Waals surface area contributed by atoms with Gasteiger partial charge in [-0.1, -0.05) is 19.9 Å². The first-order chi connectivity index (χ1) is 10.7. The molecule has 3 nitrogen and oxygen atoms in total. The van der Waals surface area contributed by atoms with Crippen molar-refractivity contribution in [1.29, 1.82) is 0 Å². The van der Waals surface area contributed by atoms with E-state index < -0.39 is 0 Å². The van der Waals surface area contributed by atoms with Gasteiger partial charge in [0.15, 0.2) is 0 Å². The van der Waals surface area contributed by atoms with Gasteiger partial charge in [-0.25, -0.2) is 0 Å². The fourth-order valence-corrected chi connectivity index (χ4v) is 5.02. The quantitative estimate of drug-likeness (QED) is 0.894. The second kappa shape index (κ2) is 7.33. The van der Waals surface area contributed by atoms with Gasteiger partial charge >= 0.3 is 0 Å². The summed E-state index contributed by atoms with van der Waals surface area (Å²) in [5.41, 5.74) is 1.32. The van der Waals surface area contributed by atoms with E-state index in [0.29, 0.717) is 18.0 Å². The van der Waals surface area contributed by atoms with Crippen molar-refractivity contribution in [3.05, 3.63) is 30.1 Å². The average Bonchev–Trinajstić information content (AvgIpc) is 2.95. The predicted molar refractivity (Wildman–Crippen MR) is 93.2 cm³/mol. The minimum atomic E-state index is 0.146. The highest BCUT2D eigenvalue weighted by atomic mass is 32.2. The zero-order chi connectivity index (χ0) is 15.4. The van der Waals surface area contributed by atoms with Crippen LogP contribution in [-0.4, -0.2) is 34.7 Å². The second-order valence-electron chi connectivity index (χ2n) is 7.13. The van der Waals surface area contributed by atoms with Gasteiger partial charge in [0.05, 0.1) is 11.3 Å². The third kappa shape index (κ3) is 4.03. The predicted octanol–water partition coefficient (Wildman–Crippen LogP) is 3.81. The van der Waals surface area contributed by atoms with Gasteiger partial charge in [0.2, 0.25) is 0 Å². The number of hydrogen-bond donors (Lipinski definition) is 1. The van der Waals surface area contributed by atoms with Crippen LogP contribution in [0.15, 0.2) is 24.4 Å². The van der Waals surface area contributed by atoms with Crippen molar-refractivity contribution in [3.63, 3.8) is 0 Å². The summed E-state index contributed by atoms with van der Waals surface area (Å²) in [6, 6.07) is 7.15. The molecule has 1 aromatic heterocycles. The lowest BCUT2D eigenvalue weighted by atomic mass is 9.88. The van der Waals surface area contributed by atoms with E-state index in [-0.39, 0.29) is 5.60 Å². The molecule has 1 N–H and O–H groups in total. The number of nitrogens with one attached hydrogen (secondary N) is 1. The fourth-order valence-electron chi connectivity index (χ4n) is 3.65. The highest BCUT2D eigenvalue weighted by Gasteiger charge is 2.40. The van der Waals surface area contributed by atoms with Gasteiger partial charge in [0.25, 0.3) is 0 Å². The number of hydrogen-bond acceptors (Lipinski definition) is 4. The van der Waals surface area contributed by atoms with E-state index >= 15 is 0 Å². The summed E-state index contributed by atoms with van der Waals surface area (Å²) in [4.78, 5) is 4.59. The lowest BCUT2D eigenvalue weighted by Crippen LogP contribution is -2.48. The van der Waals surface area contributed by atoms with Crippen LogP contribution in [0.1, 0.15) is 51.3 Å².